The van der Waals surface area contributed by atoms with E-state index in [1.54, 1.807) is 36.6 Å². The van der Waals surface area contributed by atoms with E-state index in [1.165, 1.54) is 17.4 Å². The molecule has 4 rings (SSSR count). The van der Waals surface area contributed by atoms with E-state index in [2.05, 4.69) is 17.0 Å². The minimum Gasteiger partial charge on any atom is -0.497 e. The van der Waals surface area contributed by atoms with Crippen LogP contribution in [0.4, 0.5) is 5.13 Å². The average molecular weight is 374 g/mol. The Morgan fingerprint density at radius 1 is 1.16 bits per heavy atom. The van der Waals surface area contributed by atoms with Crippen LogP contribution in [0, 0.1) is 0 Å². The van der Waals surface area contributed by atoms with Gasteiger partial charge in [-0.15, -0.1) is 0 Å². The lowest BCUT2D eigenvalue weighted by molar-refractivity contribution is 0.414. The van der Waals surface area contributed by atoms with Gasteiger partial charge in [-0.05, 0) is 47.9 Å². The minimum atomic E-state index is -3.20. The number of benzene rings is 2. The van der Waals surface area contributed by atoms with Crippen molar-refractivity contribution >= 4 is 36.5 Å². The van der Waals surface area contributed by atoms with E-state index in [0.717, 1.165) is 40.6 Å². The van der Waals surface area contributed by atoms with Crippen LogP contribution in [0.5, 0.6) is 5.75 Å². The van der Waals surface area contributed by atoms with Gasteiger partial charge in [0.05, 0.1) is 22.2 Å². The largest absolute Gasteiger partial charge is 0.497 e. The monoisotopic (exact) mass is 374 g/mol. The van der Waals surface area contributed by atoms with Crippen LogP contribution in [-0.2, 0) is 22.8 Å². The summed E-state index contributed by atoms with van der Waals surface area (Å²) >= 11 is 1.54. The first-order valence-electron chi connectivity index (χ1n) is 7.95. The molecule has 2 aromatic carbocycles. The molecule has 0 saturated heterocycles. The number of nitrogens with zero attached hydrogens (tertiary/aromatic N) is 2. The van der Waals surface area contributed by atoms with Gasteiger partial charge in [0, 0.05) is 19.3 Å². The lowest BCUT2D eigenvalue weighted by atomic mass is 10.00. The number of sulfone groups is 1. The summed E-state index contributed by atoms with van der Waals surface area (Å²) in [4.78, 5) is 7.28. The van der Waals surface area contributed by atoms with Crippen LogP contribution < -0.4 is 9.64 Å². The van der Waals surface area contributed by atoms with Crippen LogP contribution >= 0.6 is 11.3 Å². The zero-order valence-corrected chi connectivity index (χ0v) is 15.7. The van der Waals surface area contributed by atoms with Gasteiger partial charge >= 0.3 is 0 Å². The van der Waals surface area contributed by atoms with Gasteiger partial charge in [0.25, 0.3) is 0 Å². The van der Waals surface area contributed by atoms with Gasteiger partial charge in [-0.2, -0.15) is 0 Å². The second-order valence-electron chi connectivity index (χ2n) is 6.20. The van der Waals surface area contributed by atoms with Crippen molar-refractivity contribution in [1.29, 1.82) is 0 Å². The highest BCUT2D eigenvalue weighted by molar-refractivity contribution is 7.90. The van der Waals surface area contributed by atoms with Crippen molar-refractivity contribution in [2.45, 2.75) is 17.9 Å². The Bertz CT molecular complexity index is 1060. The molecule has 0 saturated carbocycles. The zero-order chi connectivity index (χ0) is 17.6. The first-order valence-corrected chi connectivity index (χ1v) is 10.7. The Labute approximate surface area is 150 Å². The molecule has 0 radical (unpaired) electrons. The number of thiazole rings is 1. The average Bonchev–Trinajstić information content (AvgIpc) is 3.03. The summed E-state index contributed by atoms with van der Waals surface area (Å²) in [6.45, 7) is 1.69. The second-order valence-corrected chi connectivity index (χ2v) is 9.23. The molecule has 1 aliphatic heterocycles. The van der Waals surface area contributed by atoms with Crippen LogP contribution in [0.3, 0.4) is 0 Å². The van der Waals surface area contributed by atoms with Crippen LogP contribution in [-0.4, -0.2) is 33.3 Å². The van der Waals surface area contributed by atoms with Gasteiger partial charge in [0.1, 0.15) is 5.75 Å². The van der Waals surface area contributed by atoms with Crippen LogP contribution in [0.2, 0.25) is 0 Å². The molecule has 0 atom stereocenters. The summed E-state index contributed by atoms with van der Waals surface area (Å²) < 4.78 is 29.7. The van der Waals surface area contributed by atoms with Gasteiger partial charge in [0.2, 0.25) is 0 Å². The molecule has 0 fully saturated rings. The molecule has 2 heterocycles. The van der Waals surface area contributed by atoms with Gasteiger partial charge < -0.3 is 9.64 Å². The third kappa shape index (κ3) is 3.09. The van der Waals surface area contributed by atoms with E-state index in [1.807, 2.05) is 6.07 Å². The fourth-order valence-corrected chi connectivity index (χ4v) is 4.83. The number of rotatable bonds is 3. The maximum absolute atomic E-state index is 11.7. The van der Waals surface area contributed by atoms with Gasteiger partial charge in [-0.3, -0.25) is 0 Å². The van der Waals surface area contributed by atoms with E-state index in [4.69, 9.17) is 9.72 Å². The molecular formula is C18H18N2O3S2. The molecule has 0 spiro atoms. The van der Waals surface area contributed by atoms with Crippen molar-refractivity contribution in [3.05, 3.63) is 47.5 Å². The quantitative estimate of drug-likeness (QED) is 0.704. The maximum Gasteiger partial charge on any atom is 0.186 e. The van der Waals surface area contributed by atoms with Gasteiger partial charge in [-0.1, -0.05) is 17.4 Å². The lowest BCUT2D eigenvalue weighted by Gasteiger charge is -2.28. The molecule has 5 nitrogen and oxygen atoms in total. The van der Waals surface area contributed by atoms with Gasteiger partial charge in [-0.25, -0.2) is 13.4 Å². The summed E-state index contributed by atoms with van der Waals surface area (Å²) in [5.74, 6) is 0.889. The summed E-state index contributed by atoms with van der Waals surface area (Å²) in [5, 5.41) is 0.933. The van der Waals surface area contributed by atoms with E-state index in [-0.39, 0.29) is 0 Å². The number of anilines is 1. The van der Waals surface area contributed by atoms with E-state index < -0.39 is 9.84 Å². The van der Waals surface area contributed by atoms with Crippen molar-refractivity contribution in [1.82, 2.24) is 4.98 Å². The molecule has 0 bridgehead atoms. The van der Waals surface area contributed by atoms with E-state index >= 15 is 0 Å². The predicted molar refractivity (Wildman–Crippen MR) is 100 cm³/mol. The Hall–Kier alpha value is -2.12. The summed E-state index contributed by atoms with van der Waals surface area (Å²) in [6.07, 6.45) is 2.17. The molecule has 0 unspecified atom stereocenters. The number of methoxy groups -OCH3 is 1. The highest BCUT2D eigenvalue weighted by atomic mass is 32.2. The summed E-state index contributed by atoms with van der Waals surface area (Å²) in [7, 11) is -1.52. The van der Waals surface area contributed by atoms with Crippen molar-refractivity contribution in [3.8, 4) is 5.75 Å². The highest BCUT2D eigenvalue weighted by Gasteiger charge is 2.20. The van der Waals surface area contributed by atoms with Crippen LogP contribution in [0.15, 0.2) is 41.3 Å². The SMILES string of the molecule is COc1ccc2c(c1)CCN(c1nc3ccc(S(C)(=O)=O)cc3s1)C2. The number of ether oxygens (including phenoxy) is 1. The van der Waals surface area contributed by atoms with Crippen molar-refractivity contribution in [2.24, 2.45) is 0 Å². The molecule has 1 aromatic heterocycles. The topological polar surface area (TPSA) is 59.5 Å². The Morgan fingerprint density at radius 2 is 2.00 bits per heavy atom. The minimum absolute atomic E-state index is 0.339. The molecular weight excluding hydrogens is 356 g/mol. The second kappa shape index (κ2) is 6.00. The zero-order valence-electron chi connectivity index (χ0n) is 14.0. The van der Waals surface area contributed by atoms with Gasteiger partial charge in [0.15, 0.2) is 15.0 Å². The fraction of sp³-hybridized carbons (Fsp3) is 0.278. The molecule has 3 aromatic rings. The molecule has 0 aliphatic carbocycles. The molecule has 0 N–H and O–H groups in total. The smallest absolute Gasteiger partial charge is 0.186 e. The van der Waals surface area contributed by atoms with Crippen LogP contribution in [0.1, 0.15) is 11.1 Å². The Kier molecular flexibility index (Phi) is 3.92. The Balaban J connectivity index is 1.66. The maximum atomic E-state index is 11.7. The van der Waals surface area contributed by atoms with Crippen molar-refractivity contribution < 1.29 is 13.2 Å². The van der Waals surface area contributed by atoms with E-state index in [0.29, 0.717) is 4.90 Å². The number of hydrogen-bond donors (Lipinski definition) is 0. The fourth-order valence-electron chi connectivity index (χ4n) is 3.08. The normalized spacial score (nSPS) is 14.6. The lowest BCUT2D eigenvalue weighted by Crippen LogP contribution is -2.30. The van der Waals surface area contributed by atoms with Crippen molar-refractivity contribution in [2.75, 3.05) is 24.8 Å². The molecule has 0 amide bonds. The van der Waals surface area contributed by atoms with E-state index in [9.17, 15) is 8.42 Å². The standard InChI is InChI=1S/C18H18N2O3S2/c1-23-14-4-3-13-11-20(8-7-12(13)9-14)18-19-16-6-5-15(25(2,21)22)10-17(16)24-18/h3-6,9-10H,7-8,11H2,1-2H3. The Morgan fingerprint density at radius 3 is 2.76 bits per heavy atom. The number of aromatic nitrogens is 1. The first kappa shape index (κ1) is 16.4. The predicted octanol–water partition coefficient (Wildman–Crippen LogP) is 3.27. The molecule has 7 heteroatoms. The molecule has 1 aliphatic rings. The van der Waals surface area contributed by atoms with Crippen molar-refractivity contribution in [3.63, 3.8) is 0 Å². The highest BCUT2D eigenvalue weighted by Crippen LogP contribution is 2.33. The third-order valence-corrected chi connectivity index (χ3v) is 6.66. The summed E-state index contributed by atoms with van der Waals surface area (Å²) in [5.41, 5.74) is 3.44. The summed E-state index contributed by atoms with van der Waals surface area (Å²) in [6, 6.07) is 11.3. The molecule has 130 valence electrons. The molecule has 25 heavy (non-hydrogen) atoms. The first-order chi connectivity index (χ1) is 11.9. The number of fused-ring (bicyclic) bond motifs is 2. The van der Waals surface area contributed by atoms with Crippen LogP contribution in [0.25, 0.3) is 10.2 Å². The number of hydrogen-bond acceptors (Lipinski definition) is 6. The third-order valence-electron chi connectivity index (χ3n) is 4.47.